The van der Waals surface area contributed by atoms with Gasteiger partial charge in [0.05, 0.1) is 23.3 Å². The first kappa shape index (κ1) is 11.9. The van der Waals surface area contributed by atoms with Gasteiger partial charge in [0.25, 0.3) is 0 Å². The fourth-order valence-electron chi connectivity index (χ4n) is 2.38. The lowest BCUT2D eigenvalue weighted by molar-refractivity contribution is 0.121. The first-order valence-corrected chi connectivity index (χ1v) is 6.33. The molecule has 0 spiro atoms. The van der Waals surface area contributed by atoms with E-state index in [0.717, 1.165) is 29.6 Å². The second-order valence-electron chi connectivity index (χ2n) is 4.67. The van der Waals surface area contributed by atoms with Crippen LogP contribution in [0, 0.1) is 11.3 Å². The van der Waals surface area contributed by atoms with Crippen molar-refractivity contribution in [2.75, 3.05) is 11.9 Å². The summed E-state index contributed by atoms with van der Waals surface area (Å²) in [6, 6.07) is 10.00. The Bertz CT molecular complexity index is 649. The lowest BCUT2D eigenvalue weighted by Crippen LogP contribution is -2.27. The van der Waals surface area contributed by atoms with Crippen LogP contribution in [0.3, 0.4) is 0 Å². The predicted octanol–water partition coefficient (Wildman–Crippen LogP) is 2.09. The van der Waals surface area contributed by atoms with Gasteiger partial charge in [-0.2, -0.15) is 5.26 Å². The summed E-state index contributed by atoms with van der Waals surface area (Å²) in [5.41, 5.74) is 1.88. The molecule has 1 fully saturated rings. The Morgan fingerprint density at radius 2 is 2.21 bits per heavy atom. The van der Waals surface area contributed by atoms with Gasteiger partial charge in [-0.05, 0) is 19.4 Å². The van der Waals surface area contributed by atoms with Gasteiger partial charge in [-0.15, -0.1) is 10.2 Å². The summed E-state index contributed by atoms with van der Waals surface area (Å²) in [5.74, 6) is 0. The van der Waals surface area contributed by atoms with Crippen molar-refractivity contribution in [1.82, 2.24) is 10.2 Å². The number of hydrogen-bond donors (Lipinski definition) is 1. The third-order valence-corrected chi connectivity index (χ3v) is 3.48. The van der Waals surface area contributed by atoms with Crippen LogP contribution in [-0.2, 0) is 4.74 Å². The number of fused-ring (bicyclic) bond motifs is 1. The predicted molar refractivity (Wildman–Crippen MR) is 71.7 cm³/mol. The molecule has 2 unspecified atom stereocenters. The Hall–Kier alpha value is -2.19. The Morgan fingerprint density at radius 3 is 2.95 bits per heavy atom. The van der Waals surface area contributed by atoms with Gasteiger partial charge < -0.3 is 10.1 Å². The minimum Gasteiger partial charge on any atom is -0.377 e. The summed E-state index contributed by atoms with van der Waals surface area (Å²) in [6.07, 6.45) is 1.07. The van der Waals surface area contributed by atoms with Crippen LogP contribution in [0.25, 0.3) is 10.9 Å². The number of aromatic nitrogens is 2. The highest BCUT2D eigenvalue weighted by Gasteiger charge is 2.25. The van der Waals surface area contributed by atoms with Gasteiger partial charge in [0.1, 0.15) is 6.07 Å². The first-order chi connectivity index (χ1) is 9.29. The zero-order valence-corrected chi connectivity index (χ0v) is 10.6. The van der Waals surface area contributed by atoms with Crippen LogP contribution < -0.4 is 5.32 Å². The van der Waals surface area contributed by atoms with Gasteiger partial charge in [0.15, 0.2) is 5.69 Å². The van der Waals surface area contributed by atoms with Crippen molar-refractivity contribution >= 4 is 16.6 Å². The van der Waals surface area contributed by atoms with Crippen LogP contribution in [0.1, 0.15) is 19.0 Å². The second-order valence-corrected chi connectivity index (χ2v) is 4.67. The quantitative estimate of drug-likeness (QED) is 0.888. The van der Waals surface area contributed by atoms with Gasteiger partial charge in [0, 0.05) is 12.0 Å². The fourth-order valence-corrected chi connectivity index (χ4v) is 2.38. The maximum Gasteiger partial charge on any atom is 0.186 e. The van der Waals surface area contributed by atoms with E-state index >= 15 is 0 Å². The highest BCUT2D eigenvalue weighted by Crippen LogP contribution is 2.27. The third kappa shape index (κ3) is 2.11. The number of nitrogens with one attached hydrogen (secondary N) is 1. The zero-order valence-electron chi connectivity index (χ0n) is 10.6. The van der Waals surface area contributed by atoms with E-state index in [-0.39, 0.29) is 12.1 Å². The molecule has 5 nitrogen and oxygen atoms in total. The number of benzene rings is 1. The Morgan fingerprint density at radius 1 is 1.37 bits per heavy atom. The number of rotatable bonds is 2. The molecule has 0 bridgehead atoms. The van der Waals surface area contributed by atoms with Gasteiger partial charge >= 0.3 is 0 Å². The number of hydrogen-bond acceptors (Lipinski definition) is 5. The normalized spacial score (nSPS) is 22.3. The molecular formula is C14H14N4O. The third-order valence-electron chi connectivity index (χ3n) is 3.48. The molecular weight excluding hydrogens is 240 g/mol. The van der Waals surface area contributed by atoms with E-state index in [4.69, 9.17) is 4.74 Å². The number of nitrogens with zero attached hydrogens (tertiary/aromatic N) is 3. The van der Waals surface area contributed by atoms with E-state index < -0.39 is 0 Å². The van der Waals surface area contributed by atoms with Crippen LogP contribution in [0.2, 0.25) is 0 Å². The van der Waals surface area contributed by atoms with Crippen LogP contribution >= 0.6 is 0 Å². The smallest absolute Gasteiger partial charge is 0.186 e. The van der Waals surface area contributed by atoms with Crippen LogP contribution in [0.5, 0.6) is 0 Å². The largest absolute Gasteiger partial charge is 0.377 e. The molecule has 19 heavy (non-hydrogen) atoms. The minimum atomic E-state index is 0.137. The highest BCUT2D eigenvalue weighted by atomic mass is 16.5. The standard InChI is InChI=1S/C14H14N4O/c1-9-11(6-7-19-9)16-14-10-4-2-3-5-12(10)17-18-13(14)8-15/h2-5,9,11H,6-7H2,1H3,(H,16,17). The zero-order chi connectivity index (χ0) is 13.2. The van der Waals surface area contributed by atoms with Crippen molar-refractivity contribution in [3.8, 4) is 6.07 Å². The summed E-state index contributed by atoms with van der Waals surface area (Å²) in [7, 11) is 0. The number of anilines is 1. The number of ether oxygens (including phenoxy) is 1. The van der Waals surface area contributed by atoms with Crippen molar-refractivity contribution in [3.05, 3.63) is 30.0 Å². The lowest BCUT2D eigenvalue weighted by atomic mass is 10.1. The van der Waals surface area contributed by atoms with Crippen LogP contribution in [-0.4, -0.2) is 29.0 Å². The molecule has 2 atom stereocenters. The Labute approximate surface area is 111 Å². The van der Waals surface area contributed by atoms with Crippen molar-refractivity contribution < 1.29 is 4.74 Å². The molecule has 1 aromatic heterocycles. The molecule has 0 aliphatic carbocycles. The molecule has 1 saturated heterocycles. The summed E-state index contributed by atoms with van der Waals surface area (Å²) >= 11 is 0. The van der Waals surface area contributed by atoms with Crippen LogP contribution in [0.15, 0.2) is 24.3 Å². The molecule has 2 heterocycles. The molecule has 1 aromatic carbocycles. The highest BCUT2D eigenvalue weighted by molar-refractivity contribution is 5.92. The SMILES string of the molecule is CC1OCCC1Nc1c(C#N)nnc2ccccc12. The first-order valence-electron chi connectivity index (χ1n) is 6.33. The van der Waals surface area contributed by atoms with E-state index in [9.17, 15) is 5.26 Å². The molecule has 0 radical (unpaired) electrons. The van der Waals surface area contributed by atoms with E-state index in [2.05, 4.69) is 21.6 Å². The average Bonchev–Trinajstić information content (AvgIpc) is 2.85. The lowest BCUT2D eigenvalue weighted by Gasteiger charge is -2.18. The van der Waals surface area contributed by atoms with Crippen LogP contribution in [0.4, 0.5) is 5.69 Å². The number of nitriles is 1. The average molecular weight is 254 g/mol. The van der Waals surface area contributed by atoms with E-state index in [1.54, 1.807) is 0 Å². The van der Waals surface area contributed by atoms with Crippen molar-refractivity contribution in [1.29, 1.82) is 5.26 Å². The summed E-state index contributed by atoms with van der Waals surface area (Å²) < 4.78 is 5.54. The van der Waals surface area contributed by atoms with Crippen molar-refractivity contribution in [2.45, 2.75) is 25.5 Å². The molecule has 5 heteroatoms. The topological polar surface area (TPSA) is 70.8 Å². The molecule has 0 saturated carbocycles. The van der Waals surface area contributed by atoms with E-state index in [0.29, 0.717) is 5.69 Å². The Balaban J connectivity index is 2.07. The van der Waals surface area contributed by atoms with E-state index in [1.165, 1.54) is 0 Å². The van der Waals surface area contributed by atoms with E-state index in [1.807, 2.05) is 31.2 Å². The molecule has 96 valence electrons. The summed E-state index contributed by atoms with van der Waals surface area (Å²) in [6.45, 7) is 2.78. The second kappa shape index (κ2) is 4.82. The summed E-state index contributed by atoms with van der Waals surface area (Å²) in [5, 5.41) is 21.6. The summed E-state index contributed by atoms with van der Waals surface area (Å²) in [4.78, 5) is 0. The maximum absolute atomic E-state index is 9.19. The monoisotopic (exact) mass is 254 g/mol. The van der Waals surface area contributed by atoms with Gasteiger partial charge in [0.2, 0.25) is 0 Å². The van der Waals surface area contributed by atoms with Gasteiger partial charge in [-0.3, -0.25) is 0 Å². The molecule has 2 aromatic rings. The van der Waals surface area contributed by atoms with Gasteiger partial charge in [-0.25, -0.2) is 0 Å². The molecule has 1 aliphatic heterocycles. The molecule has 1 N–H and O–H groups in total. The fraction of sp³-hybridized carbons (Fsp3) is 0.357. The maximum atomic E-state index is 9.19. The van der Waals surface area contributed by atoms with Gasteiger partial charge in [-0.1, -0.05) is 18.2 Å². The minimum absolute atomic E-state index is 0.137. The molecule has 1 aliphatic rings. The van der Waals surface area contributed by atoms with Crippen molar-refractivity contribution in [3.63, 3.8) is 0 Å². The molecule has 0 amide bonds. The molecule has 3 rings (SSSR count). The van der Waals surface area contributed by atoms with Crippen molar-refractivity contribution in [2.24, 2.45) is 0 Å². The Kier molecular flexibility index (Phi) is 3.02.